The molecule has 0 spiro atoms. The fraction of sp³-hybridized carbons (Fsp3) is 0.263. The lowest BCUT2D eigenvalue weighted by molar-refractivity contribution is -0.120. The van der Waals surface area contributed by atoms with Gasteiger partial charge >= 0.3 is 6.03 Å². The van der Waals surface area contributed by atoms with E-state index in [0.29, 0.717) is 47.6 Å². The Morgan fingerprint density at radius 2 is 1.46 bits per heavy atom. The summed E-state index contributed by atoms with van der Waals surface area (Å²) >= 11 is 0. The van der Waals surface area contributed by atoms with Crippen LogP contribution in [0.15, 0.2) is 36.4 Å². The number of imide groups is 1. The molecule has 0 saturated heterocycles. The van der Waals surface area contributed by atoms with Crippen LogP contribution in [-0.2, 0) is 4.79 Å². The minimum atomic E-state index is -0.647. The van der Waals surface area contributed by atoms with Crippen molar-refractivity contribution in [2.24, 2.45) is 0 Å². The van der Waals surface area contributed by atoms with Gasteiger partial charge in [-0.05, 0) is 31.2 Å². The molecule has 2 heterocycles. The molecule has 28 heavy (non-hydrogen) atoms. The van der Waals surface area contributed by atoms with E-state index in [4.69, 9.17) is 18.9 Å². The van der Waals surface area contributed by atoms with Gasteiger partial charge in [0.1, 0.15) is 19.3 Å². The summed E-state index contributed by atoms with van der Waals surface area (Å²) in [5.74, 6) is 1.95. The van der Waals surface area contributed by atoms with Gasteiger partial charge in [-0.3, -0.25) is 10.1 Å². The quantitative estimate of drug-likeness (QED) is 0.741. The maximum Gasteiger partial charge on any atom is 0.325 e. The first-order chi connectivity index (χ1) is 13.6. The molecule has 3 N–H and O–H groups in total. The van der Waals surface area contributed by atoms with Gasteiger partial charge in [0.25, 0.3) is 0 Å². The second kappa shape index (κ2) is 7.55. The lowest BCUT2D eigenvalue weighted by atomic mass is 10.2. The number of ether oxygens (including phenoxy) is 4. The Balaban J connectivity index is 1.32. The van der Waals surface area contributed by atoms with E-state index in [1.807, 2.05) is 0 Å². The molecule has 1 unspecified atom stereocenters. The average molecular weight is 385 g/mol. The summed E-state index contributed by atoms with van der Waals surface area (Å²) in [6.07, 6.45) is 0. The van der Waals surface area contributed by atoms with Crippen LogP contribution in [0.4, 0.5) is 16.2 Å². The van der Waals surface area contributed by atoms with Gasteiger partial charge in [-0.25, -0.2) is 4.79 Å². The molecule has 2 aliphatic rings. The molecular formula is C19H19N3O6. The van der Waals surface area contributed by atoms with Gasteiger partial charge in [0.05, 0.1) is 0 Å². The van der Waals surface area contributed by atoms with E-state index >= 15 is 0 Å². The summed E-state index contributed by atoms with van der Waals surface area (Å²) in [6.45, 7) is 2.76. The number of nitrogens with one attached hydrogen (secondary N) is 3. The molecule has 2 aromatic carbocycles. The highest BCUT2D eigenvalue weighted by molar-refractivity contribution is 6.03. The van der Waals surface area contributed by atoms with E-state index in [2.05, 4.69) is 16.0 Å². The number of hydrogen-bond donors (Lipinski definition) is 3. The summed E-state index contributed by atoms with van der Waals surface area (Å²) < 4.78 is 21.5. The molecule has 9 heteroatoms. The zero-order chi connectivity index (χ0) is 19.5. The van der Waals surface area contributed by atoms with Gasteiger partial charge in [0.2, 0.25) is 12.7 Å². The number of anilines is 2. The lowest BCUT2D eigenvalue weighted by Crippen LogP contribution is -2.42. The number of benzene rings is 2. The molecule has 0 saturated carbocycles. The van der Waals surface area contributed by atoms with Gasteiger partial charge in [-0.1, -0.05) is 0 Å². The van der Waals surface area contributed by atoms with E-state index in [1.165, 1.54) is 0 Å². The van der Waals surface area contributed by atoms with E-state index in [-0.39, 0.29) is 6.79 Å². The first kappa shape index (κ1) is 17.8. The SMILES string of the molecule is CC(Nc1ccc2c(c1)OCO2)C(=O)NC(=O)Nc1ccc2c(c1)OCCO2. The summed E-state index contributed by atoms with van der Waals surface area (Å²) in [6, 6.07) is 9.00. The Bertz CT molecular complexity index is 917. The van der Waals surface area contributed by atoms with Crippen molar-refractivity contribution in [1.29, 1.82) is 0 Å². The first-order valence-electron chi connectivity index (χ1n) is 8.76. The van der Waals surface area contributed by atoms with E-state index in [0.717, 1.165) is 0 Å². The fourth-order valence-corrected chi connectivity index (χ4v) is 2.81. The summed E-state index contributed by atoms with van der Waals surface area (Å²) in [7, 11) is 0. The summed E-state index contributed by atoms with van der Waals surface area (Å²) in [4.78, 5) is 24.4. The third kappa shape index (κ3) is 3.88. The number of carbonyl (C=O) groups is 2. The summed E-state index contributed by atoms with van der Waals surface area (Å²) in [5.41, 5.74) is 1.17. The van der Waals surface area contributed by atoms with Crippen molar-refractivity contribution in [1.82, 2.24) is 5.32 Å². The number of urea groups is 1. The van der Waals surface area contributed by atoms with Crippen molar-refractivity contribution in [3.8, 4) is 23.0 Å². The zero-order valence-electron chi connectivity index (χ0n) is 15.1. The normalized spacial score (nSPS) is 14.8. The van der Waals surface area contributed by atoms with Gasteiger partial charge in [-0.15, -0.1) is 0 Å². The van der Waals surface area contributed by atoms with Crippen LogP contribution in [0.2, 0.25) is 0 Å². The second-order valence-electron chi connectivity index (χ2n) is 6.24. The topological polar surface area (TPSA) is 107 Å². The molecular weight excluding hydrogens is 366 g/mol. The standard InChI is InChI=1S/C19H19N3O6/c1-11(20-12-2-5-15-17(8-12)28-10-27-15)18(23)22-19(24)21-13-3-4-14-16(9-13)26-7-6-25-14/h2-5,8-9,11,20H,6-7,10H2,1H3,(H2,21,22,23,24). The number of hydrogen-bond acceptors (Lipinski definition) is 7. The van der Waals surface area contributed by atoms with Gasteiger partial charge in [-0.2, -0.15) is 0 Å². The highest BCUT2D eigenvalue weighted by Crippen LogP contribution is 2.34. The molecule has 0 aliphatic carbocycles. The Labute approximate surface area is 160 Å². The molecule has 2 aromatic rings. The molecule has 146 valence electrons. The van der Waals surface area contributed by atoms with Crippen molar-refractivity contribution in [2.75, 3.05) is 30.6 Å². The van der Waals surface area contributed by atoms with Crippen molar-refractivity contribution in [2.45, 2.75) is 13.0 Å². The van der Waals surface area contributed by atoms with Crippen LogP contribution in [0.3, 0.4) is 0 Å². The van der Waals surface area contributed by atoms with Crippen LogP contribution >= 0.6 is 0 Å². The molecule has 0 radical (unpaired) electrons. The molecule has 1 atom stereocenters. The lowest BCUT2D eigenvalue weighted by Gasteiger charge is -2.19. The molecule has 2 aliphatic heterocycles. The van der Waals surface area contributed by atoms with Crippen LogP contribution in [0.1, 0.15) is 6.92 Å². The van der Waals surface area contributed by atoms with Crippen molar-refractivity contribution >= 4 is 23.3 Å². The Morgan fingerprint density at radius 1 is 0.857 bits per heavy atom. The second-order valence-corrected chi connectivity index (χ2v) is 6.24. The van der Waals surface area contributed by atoms with Gasteiger partial charge < -0.3 is 29.6 Å². The maximum atomic E-state index is 12.3. The Hall–Kier alpha value is -3.62. The highest BCUT2D eigenvalue weighted by Gasteiger charge is 2.19. The zero-order valence-corrected chi connectivity index (χ0v) is 15.1. The Morgan fingerprint density at radius 3 is 2.29 bits per heavy atom. The smallest absolute Gasteiger partial charge is 0.325 e. The number of carbonyl (C=O) groups excluding carboxylic acids is 2. The number of amides is 3. The molecule has 9 nitrogen and oxygen atoms in total. The third-order valence-corrected chi connectivity index (χ3v) is 4.19. The van der Waals surface area contributed by atoms with Crippen LogP contribution in [-0.4, -0.2) is 38.0 Å². The van der Waals surface area contributed by atoms with E-state index in [9.17, 15) is 9.59 Å². The third-order valence-electron chi connectivity index (χ3n) is 4.19. The minimum absolute atomic E-state index is 0.175. The molecule has 0 aromatic heterocycles. The average Bonchev–Trinajstić information content (AvgIpc) is 3.15. The van der Waals surface area contributed by atoms with Gasteiger partial charge in [0.15, 0.2) is 23.0 Å². The number of fused-ring (bicyclic) bond motifs is 2. The van der Waals surface area contributed by atoms with Crippen LogP contribution in [0.5, 0.6) is 23.0 Å². The van der Waals surface area contributed by atoms with Crippen molar-refractivity contribution in [3.05, 3.63) is 36.4 Å². The predicted molar refractivity (Wildman–Crippen MR) is 100 cm³/mol. The predicted octanol–water partition coefficient (Wildman–Crippen LogP) is 2.34. The minimum Gasteiger partial charge on any atom is -0.486 e. The van der Waals surface area contributed by atoms with Crippen molar-refractivity contribution in [3.63, 3.8) is 0 Å². The molecule has 4 rings (SSSR count). The molecule has 0 fully saturated rings. The Kier molecular flexibility index (Phi) is 4.79. The largest absolute Gasteiger partial charge is 0.486 e. The molecule has 0 bridgehead atoms. The molecule has 3 amide bonds. The monoisotopic (exact) mass is 385 g/mol. The highest BCUT2D eigenvalue weighted by atomic mass is 16.7. The fourth-order valence-electron chi connectivity index (χ4n) is 2.81. The maximum absolute atomic E-state index is 12.3. The van der Waals surface area contributed by atoms with Gasteiger partial charge in [0, 0.05) is 23.5 Å². The van der Waals surface area contributed by atoms with Crippen LogP contribution < -0.4 is 34.9 Å². The first-order valence-corrected chi connectivity index (χ1v) is 8.76. The van der Waals surface area contributed by atoms with E-state index < -0.39 is 18.0 Å². The van der Waals surface area contributed by atoms with Crippen molar-refractivity contribution < 1.29 is 28.5 Å². The van der Waals surface area contributed by atoms with Crippen LogP contribution in [0.25, 0.3) is 0 Å². The van der Waals surface area contributed by atoms with Crippen LogP contribution in [0, 0.1) is 0 Å². The summed E-state index contributed by atoms with van der Waals surface area (Å²) in [5, 5.41) is 7.92. The number of rotatable bonds is 4. The van der Waals surface area contributed by atoms with E-state index in [1.54, 1.807) is 43.3 Å².